The SMILES string of the molecule is COc1ccc(Nc2cc(F)cc(F)c2)cc1. The van der Waals surface area contributed by atoms with Crippen molar-refractivity contribution in [3.63, 3.8) is 0 Å². The van der Waals surface area contributed by atoms with Crippen LogP contribution in [-0.2, 0) is 0 Å². The number of rotatable bonds is 3. The molecule has 0 radical (unpaired) electrons. The number of hydrogen-bond donors (Lipinski definition) is 1. The van der Waals surface area contributed by atoms with Crippen molar-refractivity contribution in [1.29, 1.82) is 0 Å². The zero-order chi connectivity index (χ0) is 12.3. The van der Waals surface area contributed by atoms with Crippen molar-refractivity contribution in [2.45, 2.75) is 0 Å². The average Bonchev–Trinajstić information content (AvgIpc) is 2.28. The van der Waals surface area contributed by atoms with E-state index < -0.39 is 11.6 Å². The first-order valence-corrected chi connectivity index (χ1v) is 5.04. The molecule has 2 nitrogen and oxygen atoms in total. The van der Waals surface area contributed by atoms with Crippen LogP contribution in [0.2, 0.25) is 0 Å². The maximum absolute atomic E-state index is 12.9. The Balaban J connectivity index is 2.19. The van der Waals surface area contributed by atoms with Gasteiger partial charge in [-0.05, 0) is 36.4 Å². The molecule has 0 aliphatic heterocycles. The zero-order valence-electron chi connectivity index (χ0n) is 9.21. The minimum atomic E-state index is -0.610. The molecule has 2 aromatic carbocycles. The van der Waals surface area contributed by atoms with E-state index in [1.165, 1.54) is 12.1 Å². The van der Waals surface area contributed by atoms with Crippen LogP contribution in [0.5, 0.6) is 5.75 Å². The highest BCUT2D eigenvalue weighted by Crippen LogP contribution is 2.21. The molecule has 88 valence electrons. The standard InChI is InChI=1S/C13H11F2NO/c1-17-13-4-2-11(3-5-13)16-12-7-9(14)6-10(15)8-12/h2-8,16H,1H3. The van der Waals surface area contributed by atoms with Crippen LogP contribution < -0.4 is 10.1 Å². The lowest BCUT2D eigenvalue weighted by molar-refractivity contribution is 0.415. The largest absolute Gasteiger partial charge is 0.497 e. The number of halogens is 2. The molecular weight excluding hydrogens is 224 g/mol. The summed E-state index contributed by atoms with van der Waals surface area (Å²) in [7, 11) is 1.57. The first-order chi connectivity index (χ1) is 8.17. The highest BCUT2D eigenvalue weighted by atomic mass is 19.1. The third-order valence-electron chi connectivity index (χ3n) is 2.24. The molecule has 0 amide bonds. The van der Waals surface area contributed by atoms with Gasteiger partial charge in [-0.25, -0.2) is 8.78 Å². The Morgan fingerprint density at radius 1 is 0.882 bits per heavy atom. The number of nitrogens with one attached hydrogen (secondary N) is 1. The molecule has 0 saturated heterocycles. The van der Waals surface area contributed by atoms with E-state index in [9.17, 15) is 8.78 Å². The van der Waals surface area contributed by atoms with Crippen LogP contribution in [-0.4, -0.2) is 7.11 Å². The van der Waals surface area contributed by atoms with Gasteiger partial charge in [-0.3, -0.25) is 0 Å². The Kier molecular flexibility index (Phi) is 3.23. The van der Waals surface area contributed by atoms with Gasteiger partial charge >= 0.3 is 0 Å². The van der Waals surface area contributed by atoms with Gasteiger partial charge in [-0.1, -0.05) is 0 Å². The molecule has 0 bridgehead atoms. The fraction of sp³-hybridized carbons (Fsp3) is 0.0769. The van der Waals surface area contributed by atoms with Gasteiger partial charge in [0, 0.05) is 17.4 Å². The van der Waals surface area contributed by atoms with Crippen LogP contribution in [0.1, 0.15) is 0 Å². The predicted octanol–water partition coefficient (Wildman–Crippen LogP) is 3.72. The Hall–Kier alpha value is -2.10. The Bertz CT molecular complexity index is 491. The molecule has 0 aromatic heterocycles. The van der Waals surface area contributed by atoms with Crippen LogP contribution in [0.4, 0.5) is 20.2 Å². The second-order valence-corrected chi connectivity index (χ2v) is 3.51. The highest BCUT2D eigenvalue weighted by molar-refractivity contribution is 5.60. The van der Waals surface area contributed by atoms with Crippen LogP contribution >= 0.6 is 0 Å². The van der Waals surface area contributed by atoms with Crippen molar-refractivity contribution >= 4 is 11.4 Å². The summed E-state index contributed by atoms with van der Waals surface area (Å²) < 4.78 is 30.9. The molecule has 2 aromatic rings. The van der Waals surface area contributed by atoms with Crippen molar-refractivity contribution in [1.82, 2.24) is 0 Å². The Morgan fingerprint density at radius 2 is 1.47 bits per heavy atom. The van der Waals surface area contributed by atoms with Gasteiger partial charge in [0.15, 0.2) is 0 Å². The fourth-order valence-electron chi connectivity index (χ4n) is 1.47. The predicted molar refractivity (Wildman–Crippen MR) is 62.6 cm³/mol. The summed E-state index contributed by atoms with van der Waals surface area (Å²) in [5.74, 6) is -0.497. The summed E-state index contributed by atoms with van der Waals surface area (Å²) in [6.07, 6.45) is 0. The van der Waals surface area contributed by atoms with Gasteiger partial charge in [-0.2, -0.15) is 0 Å². The quantitative estimate of drug-likeness (QED) is 0.875. The number of ether oxygens (including phenoxy) is 1. The Morgan fingerprint density at radius 3 is 2.00 bits per heavy atom. The third kappa shape index (κ3) is 2.93. The summed E-state index contributed by atoms with van der Waals surface area (Å²) in [5.41, 5.74) is 1.10. The van der Waals surface area contributed by atoms with E-state index in [1.807, 2.05) is 0 Å². The van der Waals surface area contributed by atoms with Crippen LogP contribution in [0, 0.1) is 11.6 Å². The molecule has 0 heterocycles. The van der Waals surface area contributed by atoms with Crippen LogP contribution in [0.15, 0.2) is 42.5 Å². The smallest absolute Gasteiger partial charge is 0.128 e. The van der Waals surface area contributed by atoms with Gasteiger partial charge in [0.1, 0.15) is 17.4 Å². The number of benzene rings is 2. The monoisotopic (exact) mass is 235 g/mol. The number of anilines is 2. The van der Waals surface area contributed by atoms with Crippen molar-refractivity contribution in [2.75, 3.05) is 12.4 Å². The van der Waals surface area contributed by atoms with Crippen LogP contribution in [0.3, 0.4) is 0 Å². The van der Waals surface area contributed by atoms with Crippen molar-refractivity contribution in [3.8, 4) is 5.75 Å². The fourth-order valence-corrected chi connectivity index (χ4v) is 1.47. The van der Waals surface area contributed by atoms with Gasteiger partial charge in [0.25, 0.3) is 0 Å². The van der Waals surface area contributed by atoms with E-state index in [4.69, 9.17) is 4.74 Å². The van der Waals surface area contributed by atoms with Crippen LogP contribution in [0.25, 0.3) is 0 Å². The maximum atomic E-state index is 12.9. The molecule has 0 saturated carbocycles. The molecule has 0 atom stereocenters. The van der Waals surface area contributed by atoms with Crippen molar-refractivity contribution < 1.29 is 13.5 Å². The summed E-state index contributed by atoms with van der Waals surface area (Å²) >= 11 is 0. The van der Waals surface area contributed by atoms with Gasteiger partial charge < -0.3 is 10.1 Å². The first kappa shape index (κ1) is 11.4. The molecule has 0 unspecified atom stereocenters. The molecule has 17 heavy (non-hydrogen) atoms. The van der Waals surface area contributed by atoms with E-state index in [2.05, 4.69) is 5.32 Å². The zero-order valence-corrected chi connectivity index (χ0v) is 9.21. The summed E-state index contributed by atoms with van der Waals surface area (Å²) in [6.45, 7) is 0. The van der Waals surface area contributed by atoms with Gasteiger partial charge in [-0.15, -0.1) is 0 Å². The molecule has 0 fully saturated rings. The number of hydrogen-bond acceptors (Lipinski definition) is 2. The molecule has 0 spiro atoms. The van der Waals surface area contributed by atoms with E-state index in [0.29, 0.717) is 5.69 Å². The van der Waals surface area contributed by atoms with E-state index in [-0.39, 0.29) is 0 Å². The number of methoxy groups -OCH3 is 1. The van der Waals surface area contributed by atoms with E-state index in [0.717, 1.165) is 17.5 Å². The van der Waals surface area contributed by atoms with E-state index >= 15 is 0 Å². The summed E-state index contributed by atoms with van der Waals surface area (Å²) in [4.78, 5) is 0. The summed E-state index contributed by atoms with van der Waals surface area (Å²) in [6, 6.07) is 10.3. The van der Waals surface area contributed by atoms with Crippen molar-refractivity contribution in [3.05, 3.63) is 54.1 Å². The molecular formula is C13H11F2NO. The molecule has 0 aliphatic rings. The minimum Gasteiger partial charge on any atom is -0.497 e. The van der Waals surface area contributed by atoms with Crippen molar-refractivity contribution in [2.24, 2.45) is 0 Å². The van der Waals surface area contributed by atoms with Gasteiger partial charge in [0.05, 0.1) is 7.11 Å². The first-order valence-electron chi connectivity index (χ1n) is 5.04. The Labute approximate surface area is 97.8 Å². The van der Waals surface area contributed by atoms with Gasteiger partial charge in [0.2, 0.25) is 0 Å². The minimum absolute atomic E-state index is 0.368. The maximum Gasteiger partial charge on any atom is 0.128 e. The highest BCUT2D eigenvalue weighted by Gasteiger charge is 2.01. The average molecular weight is 235 g/mol. The van der Waals surface area contributed by atoms with E-state index in [1.54, 1.807) is 31.4 Å². The second-order valence-electron chi connectivity index (χ2n) is 3.51. The molecule has 0 aliphatic carbocycles. The lowest BCUT2D eigenvalue weighted by Gasteiger charge is -2.07. The molecule has 4 heteroatoms. The third-order valence-corrected chi connectivity index (χ3v) is 2.24. The lowest BCUT2D eigenvalue weighted by Crippen LogP contribution is -1.92. The lowest BCUT2D eigenvalue weighted by atomic mass is 10.2. The summed E-state index contributed by atoms with van der Waals surface area (Å²) in [5, 5.41) is 2.90. The normalized spacial score (nSPS) is 10.1. The second kappa shape index (κ2) is 4.82. The topological polar surface area (TPSA) is 21.3 Å². The molecule has 1 N–H and O–H groups in total. The molecule has 2 rings (SSSR count).